The van der Waals surface area contributed by atoms with Crippen molar-refractivity contribution in [3.05, 3.63) is 40.6 Å². The monoisotopic (exact) mass is 402 g/mol. The Labute approximate surface area is 169 Å². The second kappa shape index (κ2) is 9.33. The summed E-state index contributed by atoms with van der Waals surface area (Å²) in [6, 6.07) is 5.58. The predicted octanol–water partition coefficient (Wildman–Crippen LogP) is 3.77. The minimum absolute atomic E-state index is 0.172. The number of pyridine rings is 1. The van der Waals surface area contributed by atoms with E-state index in [-0.39, 0.29) is 16.7 Å². The first-order valence-corrected chi connectivity index (χ1v) is 9.25. The number of amides is 1. The molecular weight excluding hydrogens is 380 g/mol. The fourth-order valence-corrected chi connectivity index (χ4v) is 2.54. The van der Waals surface area contributed by atoms with Crippen molar-refractivity contribution in [3.63, 3.8) is 0 Å². The average molecular weight is 403 g/mol. The summed E-state index contributed by atoms with van der Waals surface area (Å²) < 4.78 is 5.19. The van der Waals surface area contributed by atoms with Crippen LogP contribution in [-0.4, -0.2) is 33.2 Å². The third-order valence-electron chi connectivity index (χ3n) is 3.49. The van der Waals surface area contributed by atoms with E-state index in [0.717, 1.165) is 5.69 Å². The summed E-state index contributed by atoms with van der Waals surface area (Å²) in [5, 5.41) is 15.3. The van der Waals surface area contributed by atoms with Crippen LogP contribution in [0.25, 0.3) is 0 Å². The Hall–Kier alpha value is -2.92. The third-order valence-corrected chi connectivity index (χ3v) is 3.79. The molecule has 1 amide bonds. The Kier molecular flexibility index (Phi) is 7.12. The highest BCUT2D eigenvalue weighted by Gasteiger charge is 2.16. The second-order valence-corrected chi connectivity index (χ2v) is 7.32. The molecule has 0 fully saturated rings. The van der Waals surface area contributed by atoms with Gasteiger partial charge in [-0.2, -0.15) is 5.26 Å². The van der Waals surface area contributed by atoms with Gasteiger partial charge in [-0.05, 0) is 39.3 Å². The molecule has 2 heterocycles. The van der Waals surface area contributed by atoms with E-state index in [1.165, 1.54) is 0 Å². The molecule has 148 valence electrons. The maximum atomic E-state index is 11.7. The van der Waals surface area contributed by atoms with Gasteiger partial charge in [0.05, 0.1) is 5.69 Å². The number of nitrogens with one attached hydrogen (secondary N) is 2. The Morgan fingerprint density at radius 3 is 2.75 bits per heavy atom. The number of ether oxygens (including phenoxy) is 1. The molecular formula is C19H23ClN6O2. The Balaban J connectivity index is 2.03. The van der Waals surface area contributed by atoms with E-state index in [1.807, 2.05) is 13.0 Å². The standard InChI is InChI=1S/C19H23ClN6O2/c1-5-14-16(20)26-17(15(11-21)25-14)24-13-7-8-22-12(10-13)6-9-23-18(27)28-19(2,3)4/h7-8,10H,5-6,9H2,1-4H3,(H,23,27)(H,22,24,26). The summed E-state index contributed by atoms with van der Waals surface area (Å²) in [5.74, 6) is 0.286. The molecule has 0 unspecified atom stereocenters. The van der Waals surface area contributed by atoms with Crippen LogP contribution < -0.4 is 10.6 Å². The van der Waals surface area contributed by atoms with Crippen LogP contribution in [0.2, 0.25) is 5.15 Å². The van der Waals surface area contributed by atoms with Gasteiger partial charge in [0.2, 0.25) is 0 Å². The zero-order chi connectivity index (χ0) is 20.7. The molecule has 0 aliphatic rings. The van der Waals surface area contributed by atoms with E-state index < -0.39 is 11.7 Å². The molecule has 0 atom stereocenters. The number of carbonyl (C=O) groups is 1. The molecule has 0 aliphatic carbocycles. The molecule has 0 aromatic carbocycles. The van der Waals surface area contributed by atoms with Crippen LogP contribution in [0.1, 0.15) is 44.8 Å². The molecule has 0 saturated carbocycles. The Morgan fingerprint density at radius 2 is 2.11 bits per heavy atom. The number of alkyl carbamates (subject to hydrolysis) is 1. The fourth-order valence-electron chi connectivity index (χ4n) is 2.28. The van der Waals surface area contributed by atoms with Gasteiger partial charge >= 0.3 is 6.09 Å². The summed E-state index contributed by atoms with van der Waals surface area (Å²) in [7, 11) is 0. The first kappa shape index (κ1) is 21.4. The van der Waals surface area contributed by atoms with E-state index in [1.54, 1.807) is 39.1 Å². The smallest absolute Gasteiger partial charge is 0.407 e. The average Bonchev–Trinajstić information content (AvgIpc) is 2.61. The van der Waals surface area contributed by atoms with Gasteiger partial charge in [-0.3, -0.25) is 4.98 Å². The van der Waals surface area contributed by atoms with Gasteiger partial charge in [-0.15, -0.1) is 0 Å². The van der Waals surface area contributed by atoms with Gasteiger partial charge in [-0.1, -0.05) is 18.5 Å². The van der Waals surface area contributed by atoms with E-state index >= 15 is 0 Å². The van der Waals surface area contributed by atoms with Gasteiger partial charge < -0.3 is 15.4 Å². The topological polar surface area (TPSA) is 113 Å². The van der Waals surface area contributed by atoms with Crippen molar-refractivity contribution in [1.82, 2.24) is 20.3 Å². The summed E-state index contributed by atoms with van der Waals surface area (Å²) >= 11 is 6.11. The van der Waals surface area contributed by atoms with Crippen molar-refractivity contribution >= 4 is 29.2 Å². The van der Waals surface area contributed by atoms with Crippen LogP contribution in [0.3, 0.4) is 0 Å². The molecule has 0 saturated heterocycles. The fraction of sp³-hybridized carbons (Fsp3) is 0.421. The molecule has 2 rings (SSSR count). The van der Waals surface area contributed by atoms with E-state index in [9.17, 15) is 10.1 Å². The lowest BCUT2D eigenvalue weighted by Gasteiger charge is -2.19. The number of rotatable bonds is 6. The van der Waals surface area contributed by atoms with Crippen LogP contribution in [0.4, 0.5) is 16.3 Å². The molecule has 2 aromatic rings. The molecule has 8 nitrogen and oxygen atoms in total. The molecule has 9 heteroatoms. The lowest BCUT2D eigenvalue weighted by atomic mass is 10.2. The number of anilines is 2. The molecule has 0 radical (unpaired) electrons. The van der Waals surface area contributed by atoms with Crippen molar-refractivity contribution in [1.29, 1.82) is 5.26 Å². The van der Waals surface area contributed by atoms with E-state index in [0.29, 0.717) is 30.8 Å². The number of hydrogen-bond acceptors (Lipinski definition) is 7. The lowest BCUT2D eigenvalue weighted by molar-refractivity contribution is 0.0528. The third kappa shape index (κ3) is 6.35. The number of nitriles is 1. The quantitative estimate of drug-likeness (QED) is 0.755. The summed E-state index contributed by atoms with van der Waals surface area (Å²) in [4.78, 5) is 24.4. The van der Waals surface area contributed by atoms with Crippen molar-refractivity contribution in [2.45, 2.75) is 46.1 Å². The Morgan fingerprint density at radius 1 is 1.36 bits per heavy atom. The molecule has 28 heavy (non-hydrogen) atoms. The van der Waals surface area contributed by atoms with Crippen LogP contribution in [0.5, 0.6) is 0 Å². The van der Waals surface area contributed by atoms with Gasteiger partial charge in [0.1, 0.15) is 11.7 Å². The SMILES string of the molecule is CCc1nc(C#N)c(Nc2ccnc(CCNC(=O)OC(C)(C)C)c2)nc1Cl. The predicted molar refractivity (Wildman–Crippen MR) is 107 cm³/mol. The zero-order valence-corrected chi connectivity index (χ0v) is 17.1. The first-order chi connectivity index (χ1) is 13.2. The van der Waals surface area contributed by atoms with Gasteiger partial charge in [0, 0.05) is 30.5 Å². The highest BCUT2D eigenvalue weighted by molar-refractivity contribution is 6.30. The molecule has 2 N–H and O–H groups in total. The lowest BCUT2D eigenvalue weighted by Crippen LogP contribution is -2.33. The summed E-state index contributed by atoms with van der Waals surface area (Å²) in [6.07, 6.45) is 2.26. The number of aryl methyl sites for hydroxylation is 1. The number of carbonyl (C=O) groups excluding carboxylic acids is 1. The molecule has 0 spiro atoms. The molecule has 0 bridgehead atoms. The number of halogens is 1. The van der Waals surface area contributed by atoms with Crippen LogP contribution in [0.15, 0.2) is 18.3 Å². The van der Waals surface area contributed by atoms with Crippen molar-refractivity contribution < 1.29 is 9.53 Å². The van der Waals surface area contributed by atoms with Crippen LogP contribution >= 0.6 is 11.6 Å². The number of aromatic nitrogens is 3. The van der Waals surface area contributed by atoms with E-state index in [2.05, 4.69) is 25.6 Å². The van der Waals surface area contributed by atoms with Gasteiger partial charge in [-0.25, -0.2) is 14.8 Å². The summed E-state index contributed by atoms with van der Waals surface area (Å²) in [6.45, 7) is 7.69. The van der Waals surface area contributed by atoms with Gasteiger partial charge in [0.25, 0.3) is 0 Å². The van der Waals surface area contributed by atoms with Crippen molar-refractivity contribution in [3.8, 4) is 6.07 Å². The highest BCUT2D eigenvalue weighted by atomic mass is 35.5. The van der Waals surface area contributed by atoms with Crippen LogP contribution in [-0.2, 0) is 17.6 Å². The first-order valence-electron chi connectivity index (χ1n) is 8.87. The number of nitrogens with zero attached hydrogens (tertiary/aromatic N) is 4. The maximum absolute atomic E-state index is 11.7. The largest absolute Gasteiger partial charge is 0.444 e. The van der Waals surface area contributed by atoms with Crippen LogP contribution in [0, 0.1) is 11.3 Å². The number of hydrogen-bond donors (Lipinski definition) is 2. The minimum atomic E-state index is -0.541. The Bertz CT molecular complexity index is 889. The van der Waals surface area contributed by atoms with Crippen molar-refractivity contribution in [2.24, 2.45) is 0 Å². The highest BCUT2D eigenvalue weighted by Crippen LogP contribution is 2.22. The van der Waals surface area contributed by atoms with Gasteiger partial charge in [0.15, 0.2) is 16.7 Å². The maximum Gasteiger partial charge on any atom is 0.407 e. The summed E-state index contributed by atoms with van der Waals surface area (Å²) in [5.41, 5.74) is 1.65. The zero-order valence-electron chi connectivity index (χ0n) is 16.3. The normalized spacial score (nSPS) is 10.9. The van der Waals surface area contributed by atoms with Crippen molar-refractivity contribution in [2.75, 3.05) is 11.9 Å². The van der Waals surface area contributed by atoms with E-state index in [4.69, 9.17) is 16.3 Å². The molecule has 0 aliphatic heterocycles. The minimum Gasteiger partial charge on any atom is -0.444 e. The second-order valence-electron chi connectivity index (χ2n) is 6.96. The molecule has 2 aromatic heterocycles.